The molecule has 1 saturated heterocycles. The monoisotopic (exact) mass is 409 g/mol. The summed E-state index contributed by atoms with van der Waals surface area (Å²) in [6.45, 7) is 2.02. The highest BCUT2D eigenvalue weighted by Crippen LogP contribution is 2.22. The van der Waals surface area contributed by atoms with Gasteiger partial charge in [0.05, 0.1) is 26.7 Å². The first-order chi connectivity index (χ1) is 12.8. The third-order valence-electron chi connectivity index (χ3n) is 4.54. The number of aryl methyl sites for hydroxylation is 1. The van der Waals surface area contributed by atoms with Crippen molar-refractivity contribution in [2.45, 2.75) is 32.2 Å². The highest BCUT2D eigenvalue weighted by molar-refractivity contribution is 7.91. The lowest BCUT2D eigenvalue weighted by Crippen LogP contribution is -2.51. The van der Waals surface area contributed by atoms with Gasteiger partial charge in [-0.1, -0.05) is 12.1 Å². The van der Waals surface area contributed by atoms with E-state index in [1.807, 2.05) is 24.3 Å². The standard InChI is InChI=1S/C18H23N3O4S2/c1-13(18(23)21-9-11-27(24,25)12-10-21)19-16(22)7-4-8-17-20-14-5-2-3-6-15(14)26-17/h2-3,5-6,13H,4,7-12H2,1H3,(H,19,22). The van der Waals surface area contributed by atoms with Gasteiger partial charge in [0.25, 0.3) is 0 Å². The summed E-state index contributed by atoms with van der Waals surface area (Å²) in [5.74, 6) is -0.436. The molecule has 1 N–H and O–H groups in total. The van der Waals surface area contributed by atoms with Crippen LogP contribution in [0, 0.1) is 0 Å². The van der Waals surface area contributed by atoms with Crippen LogP contribution in [0.5, 0.6) is 0 Å². The molecule has 1 fully saturated rings. The van der Waals surface area contributed by atoms with Gasteiger partial charge in [-0.2, -0.15) is 0 Å². The van der Waals surface area contributed by atoms with Crippen LogP contribution in [0.3, 0.4) is 0 Å². The fraction of sp³-hybridized carbons (Fsp3) is 0.500. The third-order valence-corrected chi connectivity index (χ3v) is 7.24. The van der Waals surface area contributed by atoms with Crippen molar-refractivity contribution in [3.8, 4) is 0 Å². The molecule has 146 valence electrons. The molecule has 1 unspecified atom stereocenters. The number of sulfone groups is 1. The molecule has 1 aromatic carbocycles. The van der Waals surface area contributed by atoms with Crippen molar-refractivity contribution in [2.75, 3.05) is 24.6 Å². The molecule has 0 aliphatic carbocycles. The molecule has 7 nitrogen and oxygen atoms in total. The second kappa shape index (κ2) is 8.35. The molecule has 1 aliphatic rings. The molecule has 1 atom stereocenters. The maximum absolute atomic E-state index is 12.3. The summed E-state index contributed by atoms with van der Waals surface area (Å²) in [4.78, 5) is 30.5. The number of nitrogens with zero attached hydrogens (tertiary/aromatic N) is 2. The van der Waals surface area contributed by atoms with Gasteiger partial charge in [0.2, 0.25) is 11.8 Å². The summed E-state index contributed by atoms with van der Waals surface area (Å²) in [5.41, 5.74) is 0.977. The molecule has 2 aromatic rings. The van der Waals surface area contributed by atoms with Crippen molar-refractivity contribution in [2.24, 2.45) is 0 Å². The Morgan fingerprint density at radius 1 is 1.26 bits per heavy atom. The first kappa shape index (κ1) is 19.8. The van der Waals surface area contributed by atoms with Crippen molar-refractivity contribution in [1.82, 2.24) is 15.2 Å². The minimum atomic E-state index is -3.03. The highest BCUT2D eigenvalue weighted by atomic mass is 32.2. The number of benzene rings is 1. The number of hydrogen-bond donors (Lipinski definition) is 1. The van der Waals surface area contributed by atoms with Crippen LogP contribution in [-0.4, -0.2) is 60.8 Å². The minimum Gasteiger partial charge on any atom is -0.345 e. The quantitative estimate of drug-likeness (QED) is 0.778. The molecule has 3 rings (SSSR count). The normalized spacial score (nSPS) is 17.6. The molecular formula is C18H23N3O4S2. The lowest BCUT2D eigenvalue weighted by Gasteiger charge is -2.29. The van der Waals surface area contributed by atoms with Crippen LogP contribution in [0.4, 0.5) is 0 Å². The number of carbonyl (C=O) groups is 2. The maximum atomic E-state index is 12.3. The molecule has 0 spiro atoms. The molecule has 1 aliphatic heterocycles. The molecule has 0 saturated carbocycles. The number of carbonyl (C=O) groups excluding carboxylic acids is 2. The maximum Gasteiger partial charge on any atom is 0.244 e. The van der Waals surface area contributed by atoms with Crippen LogP contribution in [0.2, 0.25) is 0 Å². The summed E-state index contributed by atoms with van der Waals surface area (Å²) in [5, 5.41) is 3.72. The Balaban J connectivity index is 1.42. The number of hydrogen-bond acceptors (Lipinski definition) is 6. The van der Waals surface area contributed by atoms with Gasteiger partial charge in [-0.25, -0.2) is 13.4 Å². The van der Waals surface area contributed by atoms with Gasteiger partial charge in [0, 0.05) is 19.5 Å². The average molecular weight is 410 g/mol. The van der Waals surface area contributed by atoms with Gasteiger partial charge >= 0.3 is 0 Å². The Hall–Kier alpha value is -2.00. The van der Waals surface area contributed by atoms with Crippen LogP contribution in [-0.2, 0) is 25.8 Å². The summed E-state index contributed by atoms with van der Waals surface area (Å²) in [6.07, 6.45) is 1.70. The SMILES string of the molecule is CC(NC(=O)CCCc1nc2ccccc2s1)C(=O)N1CCS(=O)(=O)CC1. The van der Waals surface area contributed by atoms with Crippen molar-refractivity contribution in [3.63, 3.8) is 0 Å². The van der Waals surface area contributed by atoms with Crippen LogP contribution >= 0.6 is 11.3 Å². The van der Waals surface area contributed by atoms with Gasteiger partial charge in [-0.05, 0) is 31.9 Å². The summed E-state index contributed by atoms with van der Waals surface area (Å²) < 4.78 is 24.0. The molecule has 0 radical (unpaired) electrons. The van der Waals surface area contributed by atoms with Crippen molar-refractivity contribution in [3.05, 3.63) is 29.3 Å². The molecular weight excluding hydrogens is 386 g/mol. The van der Waals surface area contributed by atoms with Crippen molar-refractivity contribution < 1.29 is 18.0 Å². The number of aromatic nitrogens is 1. The number of amides is 2. The van der Waals surface area contributed by atoms with Gasteiger partial charge in [-0.3, -0.25) is 9.59 Å². The Labute approximate surface area is 162 Å². The first-order valence-electron chi connectivity index (χ1n) is 8.97. The van der Waals surface area contributed by atoms with Gasteiger partial charge in [-0.15, -0.1) is 11.3 Å². The Kier molecular flexibility index (Phi) is 6.11. The number of thiazole rings is 1. The van der Waals surface area contributed by atoms with Crippen molar-refractivity contribution in [1.29, 1.82) is 0 Å². The van der Waals surface area contributed by atoms with E-state index in [9.17, 15) is 18.0 Å². The predicted octanol–water partition coefficient (Wildman–Crippen LogP) is 1.38. The fourth-order valence-corrected chi connectivity index (χ4v) is 5.22. The Morgan fingerprint density at radius 3 is 2.67 bits per heavy atom. The summed E-state index contributed by atoms with van der Waals surface area (Å²) in [6, 6.07) is 7.29. The number of fused-ring (bicyclic) bond motifs is 1. The van der Waals surface area contributed by atoms with E-state index in [-0.39, 0.29) is 36.4 Å². The molecule has 0 bridgehead atoms. The van der Waals surface area contributed by atoms with E-state index in [0.29, 0.717) is 12.8 Å². The average Bonchev–Trinajstić information content (AvgIpc) is 3.03. The molecule has 2 heterocycles. The minimum absolute atomic E-state index is 0.0123. The highest BCUT2D eigenvalue weighted by Gasteiger charge is 2.28. The summed E-state index contributed by atoms with van der Waals surface area (Å²) >= 11 is 1.63. The van der Waals surface area contributed by atoms with Crippen molar-refractivity contribution >= 4 is 43.2 Å². The van der Waals surface area contributed by atoms with Gasteiger partial charge in [0.1, 0.15) is 6.04 Å². The number of para-hydroxylation sites is 1. The zero-order valence-electron chi connectivity index (χ0n) is 15.2. The van der Waals surface area contributed by atoms with E-state index in [1.54, 1.807) is 18.3 Å². The first-order valence-corrected chi connectivity index (χ1v) is 11.6. The third kappa shape index (κ3) is 5.26. The molecule has 9 heteroatoms. The second-order valence-electron chi connectivity index (χ2n) is 6.70. The summed E-state index contributed by atoms with van der Waals surface area (Å²) in [7, 11) is -3.03. The topological polar surface area (TPSA) is 96.4 Å². The second-order valence-corrected chi connectivity index (χ2v) is 10.1. The van der Waals surface area contributed by atoms with Crippen LogP contribution < -0.4 is 5.32 Å². The Bertz CT molecular complexity index is 892. The lowest BCUT2D eigenvalue weighted by atomic mass is 10.2. The van der Waals surface area contributed by atoms with Crippen LogP contribution in [0.15, 0.2) is 24.3 Å². The fourth-order valence-electron chi connectivity index (χ4n) is 3.01. The van der Waals surface area contributed by atoms with E-state index in [1.165, 1.54) is 4.90 Å². The van der Waals surface area contributed by atoms with E-state index < -0.39 is 15.9 Å². The zero-order chi connectivity index (χ0) is 19.4. The molecule has 27 heavy (non-hydrogen) atoms. The van der Waals surface area contributed by atoms with E-state index in [2.05, 4.69) is 10.3 Å². The van der Waals surface area contributed by atoms with Gasteiger partial charge < -0.3 is 10.2 Å². The smallest absolute Gasteiger partial charge is 0.244 e. The van der Waals surface area contributed by atoms with Crippen LogP contribution in [0.25, 0.3) is 10.2 Å². The van der Waals surface area contributed by atoms with Crippen LogP contribution in [0.1, 0.15) is 24.8 Å². The van der Waals surface area contributed by atoms with E-state index >= 15 is 0 Å². The lowest BCUT2D eigenvalue weighted by molar-refractivity contribution is -0.135. The molecule has 2 amide bonds. The largest absolute Gasteiger partial charge is 0.345 e. The van der Waals surface area contributed by atoms with E-state index in [4.69, 9.17) is 0 Å². The zero-order valence-corrected chi connectivity index (χ0v) is 16.8. The van der Waals surface area contributed by atoms with Gasteiger partial charge in [0.15, 0.2) is 9.84 Å². The van der Waals surface area contributed by atoms with E-state index in [0.717, 1.165) is 21.6 Å². The number of rotatable bonds is 6. The Morgan fingerprint density at radius 2 is 1.96 bits per heavy atom. The molecule has 1 aromatic heterocycles. The number of nitrogens with one attached hydrogen (secondary N) is 1. The predicted molar refractivity (Wildman–Crippen MR) is 105 cm³/mol.